The van der Waals surface area contributed by atoms with Crippen molar-refractivity contribution >= 4 is 11.0 Å². The van der Waals surface area contributed by atoms with Crippen LogP contribution in [-0.4, -0.2) is 15.0 Å². The van der Waals surface area contributed by atoms with Crippen molar-refractivity contribution in [2.24, 2.45) is 0 Å². The third-order valence-electron chi connectivity index (χ3n) is 2.57. The minimum absolute atomic E-state index is 0.193. The Morgan fingerprint density at radius 3 is 2.35 bits per heavy atom. The van der Waals surface area contributed by atoms with Gasteiger partial charge < -0.3 is 0 Å². The van der Waals surface area contributed by atoms with E-state index in [4.69, 9.17) is 0 Å². The monoisotopic (exact) mass is 253 g/mol. The predicted octanol–water partition coefficient (Wildman–Crippen LogP) is 3.06. The van der Waals surface area contributed by atoms with Crippen molar-refractivity contribution in [3.8, 4) is 0 Å². The van der Waals surface area contributed by atoms with Crippen LogP contribution in [-0.2, 0) is 17.4 Å². The Kier molecular flexibility index (Phi) is 5.34. The van der Waals surface area contributed by atoms with E-state index in [-0.39, 0.29) is 10.8 Å². The number of hydrogen-bond acceptors (Lipinski definition) is 1. The number of nitrogens with one attached hydrogen (secondary N) is 1. The van der Waals surface area contributed by atoms with Crippen molar-refractivity contribution in [1.82, 2.24) is 4.72 Å². The summed E-state index contributed by atoms with van der Waals surface area (Å²) in [4.78, 5) is 0. The first-order valence-corrected chi connectivity index (χ1v) is 7.26. The molecule has 0 heterocycles. The van der Waals surface area contributed by atoms with Gasteiger partial charge >= 0.3 is 0 Å². The Balaban J connectivity index is 2.36. The maximum absolute atomic E-state index is 11.9. The molecule has 0 radical (unpaired) electrons. The summed E-state index contributed by atoms with van der Waals surface area (Å²) in [6, 6.07) is 10.7. The molecule has 0 amide bonds. The number of rotatable bonds is 5. The lowest BCUT2D eigenvalue weighted by molar-refractivity contribution is 0.581. The lowest BCUT2D eigenvalue weighted by Crippen LogP contribution is -2.38. The van der Waals surface area contributed by atoms with Gasteiger partial charge in [0.05, 0.1) is 15.7 Å². The molecular weight excluding hydrogens is 230 g/mol. The molecule has 2 atom stereocenters. The van der Waals surface area contributed by atoms with E-state index >= 15 is 0 Å². The second-order valence-electron chi connectivity index (χ2n) is 5.42. The van der Waals surface area contributed by atoms with Crippen LogP contribution < -0.4 is 4.72 Å². The van der Waals surface area contributed by atoms with Crippen LogP contribution in [0.3, 0.4) is 0 Å². The topological polar surface area (TPSA) is 29.1 Å². The second kappa shape index (κ2) is 6.31. The van der Waals surface area contributed by atoms with Gasteiger partial charge in [-0.2, -0.15) is 0 Å². The lowest BCUT2D eigenvalue weighted by atomic mass is 10.1. The predicted molar refractivity (Wildman–Crippen MR) is 75.3 cm³/mol. The first-order valence-electron chi connectivity index (χ1n) is 6.11. The molecule has 3 heteroatoms. The Morgan fingerprint density at radius 1 is 1.24 bits per heavy atom. The fourth-order valence-corrected chi connectivity index (χ4v) is 2.28. The van der Waals surface area contributed by atoms with Gasteiger partial charge in [-0.3, -0.25) is 0 Å². The van der Waals surface area contributed by atoms with Crippen molar-refractivity contribution < 1.29 is 4.21 Å². The average Bonchev–Trinajstić information content (AvgIpc) is 2.26. The molecule has 2 nitrogen and oxygen atoms in total. The summed E-state index contributed by atoms with van der Waals surface area (Å²) in [5, 5.41) is 0. The molecule has 1 aromatic rings. The second-order valence-corrected chi connectivity index (χ2v) is 7.42. The van der Waals surface area contributed by atoms with E-state index in [9.17, 15) is 4.21 Å². The zero-order valence-electron chi connectivity index (χ0n) is 11.2. The van der Waals surface area contributed by atoms with E-state index in [0.29, 0.717) is 0 Å². The first-order chi connectivity index (χ1) is 7.89. The van der Waals surface area contributed by atoms with Crippen molar-refractivity contribution in [1.29, 1.82) is 0 Å². The molecule has 1 N–H and O–H groups in total. The Labute approximate surface area is 107 Å². The molecule has 0 bridgehead atoms. The molecule has 0 aromatic heterocycles. The van der Waals surface area contributed by atoms with Gasteiger partial charge in [0, 0.05) is 6.04 Å². The Bertz CT molecular complexity index is 356. The van der Waals surface area contributed by atoms with Crippen LogP contribution in [0.4, 0.5) is 0 Å². The number of hydrogen-bond donors (Lipinski definition) is 1. The molecule has 96 valence electrons. The summed E-state index contributed by atoms with van der Waals surface area (Å²) in [6.07, 6.45) is 2.03. The lowest BCUT2D eigenvalue weighted by Gasteiger charge is -2.21. The van der Waals surface area contributed by atoms with Crippen LogP contribution in [0.15, 0.2) is 30.3 Å². The normalized spacial score (nSPS) is 15.5. The molecule has 0 saturated carbocycles. The summed E-state index contributed by atoms with van der Waals surface area (Å²) < 4.78 is 14.9. The van der Waals surface area contributed by atoms with Gasteiger partial charge in [0.25, 0.3) is 0 Å². The third-order valence-corrected chi connectivity index (χ3v) is 4.30. The van der Waals surface area contributed by atoms with E-state index in [2.05, 4.69) is 35.9 Å². The standard InChI is InChI=1S/C14H23NOS/c1-12(15-17(16)14(2,3)4)10-11-13-8-6-5-7-9-13/h5-9,12,15H,10-11H2,1-4H3/t12-,17-/m1/s1. The molecule has 1 rings (SSSR count). The van der Waals surface area contributed by atoms with Gasteiger partial charge in [-0.25, -0.2) is 8.93 Å². The van der Waals surface area contributed by atoms with Gasteiger partial charge in [-0.1, -0.05) is 30.3 Å². The summed E-state index contributed by atoms with van der Waals surface area (Å²) >= 11 is 0. The van der Waals surface area contributed by atoms with Crippen LogP contribution in [0.25, 0.3) is 0 Å². The maximum Gasteiger partial charge on any atom is 0.0972 e. The fourth-order valence-electron chi connectivity index (χ4n) is 1.45. The largest absolute Gasteiger partial charge is 0.242 e. The van der Waals surface area contributed by atoms with E-state index in [1.165, 1.54) is 5.56 Å². The van der Waals surface area contributed by atoms with E-state index in [1.807, 2.05) is 26.8 Å². The van der Waals surface area contributed by atoms with Gasteiger partial charge in [0.1, 0.15) is 0 Å². The molecule has 17 heavy (non-hydrogen) atoms. The molecule has 0 saturated heterocycles. The summed E-state index contributed by atoms with van der Waals surface area (Å²) in [5.74, 6) is 0. The first kappa shape index (κ1) is 14.4. The zero-order chi connectivity index (χ0) is 12.9. The third kappa shape index (κ3) is 5.46. The smallest absolute Gasteiger partial charge is 0.0972 e. The molecule has 0 aliphatic rings. The van der Waals surface area contributed by atoms with Crippen LogP contribution in [0.1, 0.15) is 39.7 Å². The number of benzene rings is 1. The maximum atomic E-state index is 11.9. The van der Waals surface area contributed by atoms with Gasteiger partial charge in [0.15, 0.2) is 0 Å². The molecule has 0 unspecified atom stereocenters. The van der Waals surface area contributed by atoms with Crippen LogP contribution in [0, 0.1) is 0 Å². The summed E-state index contributed by atoms with van der Waals surface area (Å²) in [7, 11) is -0.975. The van der Waals surface area contributed by atoms with Gasteiger partial charge in [0.2, 0.25) is 0 Å². The van der Waals surface area contributed by atoms with Gasteiger partial charge in [-0.15, -0.1) is 0 Å². The molecule has 0 aliphatic heterocycles. The summed E-state index contributed by atoms with van der Waals surface area (Å²) in [5.41, 5.74) is 1.34. The van der Waals surface area contributed by atoms with E-state index in [0.717, 1.165) is 12.8 Å². The van der Waals surface area contributed by atoms with Crippen molar-refractivity contribution in [3.05, 3.63) is 35.9 Å². The molecule has 0 aliphatic carbocycles. The molecular formula is C14H23NOS. The molecule has 0 spiro atoms. The van der Waals surface area contributed by atoms with Crippen molar-refractivity contribution in [3.63, 3.8) is 0 Å². The molecule has 0 fully saturated rings. The highest BCUT2D eigenvalue weighted by Gasteiger charge is 2.20. The van der Waals surface area contributed by atoms with E-state index < -0.39 is 11.0 Å². The minimum atomic E-state index is -0.975. The highest BCUT2D eigenvalue weighted by atomic mass is 32.2. The minimum Gasteiger partial charge on any atom is -0.242 e. The van der Waals surface area contributed by atoms with Gasteiger partial charge in [-0.05, 0) is 46.1 Å². The highest BCUT2D eigenvalue weighted by Crippen LogP contribution is 2.11. The molecule has 1 aromatic carbocycles. The Hall–Kier alpha value is -0.670. The Morgan fingerprint density at radius 2 is 1.82 bits per heavy atom. The van der Waals surface area contributed by atoms with Crippen LogP contribution >= 0.6 is 0 Å². The highest BCUT2D eigenvalue weighted by molar-refractivity contribution is 7.84. The average molecular weight is 253 g/mol. The van der Waals surface area contributed by atoms with E-state index in [1.54, 1.807) is 0 Å². The quantitative estimate of drug-likeness (QED) is 0.858. The fraction of sp³-hybridized carbons (Fsp3) is 0.571. The summed E-state index contributed by atoms with van der Waals surface area (Å²) in [6.45, 7) is 8.05. The number of aryl methyl sites for hydroxylation is 1. The van der Waals surface area contributed by atoms with Crippen molar-refractivity contribution in [2.75, 3.05) is 0 Å². The zero-order valence-corrected chi connectivity index (χ0v) is 12.0. The van der Waals surface area contributed by atoms with Crippen molar-refractivity contribution in [2.45, 2.75) is 51.3 Å². The van der Waals surface area contributed by atoms with Crippen LogP contribution in [0.5, 0.6) is 0 Å². The SMILES string of the molecule is C[C@H](CCc1ccccc1)N[S@](=O)C(C)(C)C. The van der Waals surface area contributed by atoms with Crippen LogP contribution in [0.2, 0.25) is 0 Å².